The normalized spacial score (nSPS) is 10.8. The van der Waals surface area contributed by atoms with Gasteiger partial charge in [0.15, 0.2) is 0 Å². The number of aromatic nitrogens is 3. The molecule has 0 aliphatic rings. The van der Waals surface area contributed by atoms with E-state index in [0.29, 0.717) is 5.82 Å². The topological polar surface area (TPSA) is 79.2 Å². The van der Waals surface area contributed by atoms with Gasteiger partial charge in [0.2, 0.25) is 0 Å². The Kier molecular flexibility index (Phi) is 5.66. The Balaban J connectivity index is 1.75. The van der Waals surface area contributed by atoms with E-state index in [-0.39, 0.29) is 6.54 Å². The number of pyridine rings is 1. The third kappa shape index (κ3) is 4.43. The third-order valence-corrected chi connectivity index (χ3v) is 4.96. The molecule has 2 heterocycles. The zero-order valence-corrected chi connectivity index (χ0v) is 16.7. The standard InChI is InChI=1S/C24H22N4O2/c1-28(16-24(29)30)23-15-19(18-6-3-2-4-7-18)20-14-17(8-10-21(20)27-23)9-11-22-25-12-5-13-26-22/h2-8,10,12-15H,9,11,16H2,1H3,(H,29,30). The van der Waals surface area contributed by atoms with Crippen LogP contribution in [0.15, 0.2) is 73.1 Å². The summed E-state index contributed by atoms with van der Waals surface area (Å²) in [5, 5.41) is 10.2. The predicted molar refractivity (Wildman–Crippen MR) is 118 cm³/mol. The summed E-state index contributed by atoms with van der Waals surface area (Å²) < 4.78 is 0. The number of aliphatic carboxylic acids is 1. The second-order valence-electron chi connectivity index (χ2n) is 7.16. The molecule has 0 spiro atoms. The largest absolute Gasteiger partial charge is 0.480 e. The Morgan fingerprint density at radius 1 is 0.967 bits per heavy atom. The van der Waals surface area contributed by atoms with Crippen LogP contribution in [0.2, 0.25) is 0 Å². The Hall–Kier alpha value is -3.80. The smallest absolute Gasteiger partial charge is 0.323 e. The van der Waals surface area contributed by atoms with E-state index in [1.807, 2.05) is 36.4 Å². The van der Waals surface area contributed by atoms with E-state index in [1.54, 1.807) is 24.3 Å². The molecule has 0 atom stereocenters. The van der Waals surface area contributed by atoms with Crippen LogP contribution in [0.1, 0.15) is 11.4 Å². The van der Waals surface area contributed by atoms with Crippen molar-refractivity contribution in [2.75, 3.05) is 18.5 Å². The summed E-state index contributed by atoms with van der Waals surface area (Å²) in [6.07, 6.45) is 5.11. The maximum absolute atomic E-state index is 11.2. The van der Waals surface area contributed by atoms with Gasteiger partial charge in [-0.3, -0.25) is 4.79 Å². The first-order valence-corrected chi connectivity index (χ1v) is 9.78. The van der Waals surface area contributed by atoms with Crippen molar-refractivity contribution in [3.63, 3.8) is 0 Å². The Bertz CT molecular complexity index is 1160. The molecule has 1 N–H and O–H groups in total. The van der Waals surface area contributed by atoms with Gasteiger partial charge in [-0.15, -0.1) is 0 Å². The van der Waals surface area contributed by atoms with Gasteiger partial charge in [-0.1, -0.05) is 36.4 Å². The number of nitrogens with zero attached hydrogens (tertiary/aromatic N) is 4. The molecule has 0 unspecified atom stereocenters. The summed E-state index contributed by atoms with van der Waals surface area (Å²) in [5.74, 6) is 0.568. The number of carboxylic acids is 1. The van der Waals surface area contributed by atoms with Crippen LogP contribution in [0.5, 0.6) is 0 Å². The highest BCUT2D eigenvalue weighted by Gasteiger charge is 2.13. The summed E-state index contributed by atoms with van der Waals surface area (Å²) in [6.45, 7) is -0.109. The Morgan fingerprint density at radius 2 is 1.73 bits per heavy atom. The fourth-order valence-corrected chi connectivity index (χ4v) is 3.47. The molecule has 30 heavy (non-hydrogen) atoms. The molecule has 0 bridgehead atoms. The van der Waals surface area contributed by atoms with E-state index < -0.39 is 5.97 Å². The van der Waals surface area contributed by atoms with E-state index >= 15 is 0 Å². The summed E-state index contributed by atoms with van der Waals surface area (Å²) in [7, 11) is 1.74. The number of likely N-dealkylation sites (N-methyl/N-ethyl adjacent to an activating group) is 1. The van der Waals surface area contributed by atoms with Gasteiger partial charge in [0.1, 0.15) is 18.2 Å². The van der Waals surface area contributed by atoms with Crippen molar-refractivity contribution >= 4 is 22.7 Å². The molecule has 0 fully saturated rings. The van der Waals surface area contributed by atoms with E-state index in [0.717, 1.165) is 40.7 Å². The molecule has 0 aliphatic heterocycles. The summed E-state index contributed by atoms with van der Waals surface area (Å²) in [4.78, 5) is 26.1. The van der Waals surface area contributed by atoms with Crippen LogP contribution >= 0.6 is 0 Å². The second-order valence-corrected chi connectivity index (χ2v) is 7.16. The number of carboxylic acid groups (broad SMARTS) is 1. The summed E-state index contributed by atoms with van der Waals surface area (Å²) >= 11 is 0. The second kappa shape index (κ2) is 8.69. The van der Waals surface area contributed by atoms with Gasteiger partial charge in [-0.2, -0.15) is 0 Å². The molecule has 0 saturated heterocycles. The number of carbonyl (C=O) groups is 1. The van der Waals surface area contributed by atoms with E-state index in [9.17, 15) is 4.79 Å². The summed E-state index contributed by atoms with van der Waals surface area (Å²) in [6, 6.07) is 20.1. The van der Waals surface area contributed by atoms with E-state index in [4.69, 9.17) is 10.1 Å². The van der Waals surface area contributed by atoms with Crippen LogP contribution in [-0.4, -0.2) is 39.6 Å². The first-order valence-electron chi connectivity index (χ1n) is 9.78. The fraction of sp³-hybridized carbons (Fsp3) is 0.167. The number of hydrogen-bond acceptors (Lipinski definition) is 5. The fourth-order valence-electron chi connectivity index (χ4n) is 3.47. The Morgan fingerprint density at radius 3 is 2.47 bits per heavy atom. The number of fused-ring (bicyclic) bond motifs is 1. The van der Waals surface area contributed by atoms with Crippen molar-refractivity contribution < 1.29 is 9.90 Å². The molecule has 2 aromatic carbocycles. The lowest BCUT2D eigenvalue weighted by atomic mass is 9.98. The SMILES string of the molecule is CN(CC(=O)O)c1cc(-c2ccccc2)c2cc(CCc3ncccn3)ccc2n1. The molecule has 0 radical (unpaired) electrons. The molecule has 6 heteroatoms. The van der Waals surface area contributed by atoms with E-state index in [2.05, 4.69) is 34.2 Å². The average molecular weight is 398 g/mol. The molecular weight excluding hydrogens is 376 g/mol. The van der Waals surface area contributed by atoms with E-state index in [1.165, 1.54) is 5.56 Å². The van der Waals surface area contributed by atoms with Gasteiger partial charge < -0.3 is 10.0 Å². The quantitative estimate of drug-likeness (QED) is 0.507. The van der Waals surface area contributed by atoms with Crippen LogP contribution in [0.25, 0.3) is 22.0 Å². The molecule has 150 valence electrons. The number of benzene rings is 2. The number of anilines is 1. The van der Waals surface area contributed by atoms with Gasteiger partial charge in [-0.25, -0.2) is 15.0 Å². The third-order valence-electron chi connectivity index (χ3n) is 4.96. The zero-order chi connectivity index (χ0) is 20.9. The highest BCUT2D eigenvalue weighted by molar-refractivity contribution is 5.96. The van der Waals surface area contributed by atoms with Crippen LogP contribution in [0.4, 0.5) is 5.82 Å². The highest BCUT2D eigenvalue weighted by Crippen LogP contribution is 2.32. The number of hydrogen-bond donors (Lipinski definition) is 1. The first kappa shape index (κ1) is 19.5. The van der Waals surface area contributed by atoms with Crippen LogP contribution < -0.4 is 4.90 Å². The van der Waals surface area contributed by atoms with Gasteiger partial charge in [0, 0.05) is 31.2 Å². The highest BCUT2D eigenvalue weighted by atomic mass is 16.4. The summed E-state index contributed by atoms with van der Waals surface area (Å²) in [5.41, 5.74) is 4.12. The lowest BCUT2D eigenvalue weighted by Gasteiger charge is -2.18. The predicted octanol–water partition coefficient (Wildman–Crippen LogP) is 4.00. The minimum absolute atomic E-state index is 0.109. The van der Waals surface area contributed by atoms with Crippen molar-refractivity contribution in [3.05, 3.63) is 84.4 Å². The Labute approximate surface area is 174 Å². The molecule has 0 amide bonds. The average Bonchev–Trinajstić information content (AvgIpc) is 2.77. The number of rotatable bonds is 7. The zero-order valence-electron chi connectivity index (χ0n) is 16.7. The maximum atomic E-state index is 11.2. The minimum atomic E-state index is -0.890. The maximum Gasteiger partial charge on any atom is 0.323 e. The van der Waals surface area contributed by atoms with Crippen LogP contribution in [0, 0.1) is 0 Å². The lowest BCUT2D eigenvalue weighted by Crippen LogP contribution is -2.26. The van der Waals surface area contributed by atoms with Crippen LogP contribution in [-0.2, 0) is 17.6 Å². The van der Waals surface area contributed by atoms with Gasteiger partial charge in [-0.05, 0) is 47.4 Å². The lowest BCUT2D eigenvalue weighted by molar-refractivity contribution is -0.135. The molecular formula is C24H22N4O2. The van der Waals surface area contributed by atoms with Crippen molar-refractivity contribution in [2.24, 2.45) is 0 Å². The molecule has 6 nitrogen and oxygen atoms in total. The first-order chi connectivity index (χ1) is 14.6. The minimum Gasteiger partial charge on any atom is -0.480 e. The molecule has 2 aromatic heterocycles. The molecule has 0 saturated carbocycles. The van der Waals surface area contributed by atoms with Crippen molar-refractivity contribution in [1.29, 1.82) is 0 Å². The van der Waals surface area contributed by atoms with Crippen molar-refractivity contribution in [2.45, 2.75) is 12.8 Å². The molecule has 0 aliphatic carbocycles. The number of aryl methyl sites for hydroxylation is 2. The van der Waals surface area contributed by atoms with Gasteiger partial charge in [0.05, 0.1) is 5.52 Å². The van der Waals surface area contributed by atoms with Gasteiger partial charge >= 0.3 is 5.97 Å². The molecule has 4 rings (SSSR count). The van der Waals surface area contributed by atoms with Crippen molar-refractivity contribution in [1.82, 2.24) is 15.0 Å². The van der Waals surface area contributed by atoms with Crippen LogP contribution in [0.3, 0.4) is 0 Å². The van der Waals surface area contributed by atoms with Crippen molar-refractivity contribution in [3.8, 4) is 11.1 Å². The molecule has 4 aromatic rings. The monoisotopic (exact) mass is 398 g/mol. The van der Waals surface area contributed by atoms with Gasteiger partial charge in [0.25, 0.3) is 0 Å².